The second kappa shape index (κ2) is 3.58. The lowest BCUT2D eigenvalue weighted by Crippen LogP contribution is -2.24. The summed E-state index contributed by atoms with van der Waals surface area (Å²) < 4.78 is 5.07. The second-order valence-corrected chi connectivity index (χ2v) is 4.27. The number of rotatable bonds is 3. The van der Waals surface area contributed by atoms with Crippen LogP contribution in [0.15, 0.2) is 12.1 Å². The number of phenols is 1. The number of hydrogen-bond donors (Lipinski definition) is 2. The van der Waals surface area contributed by atoms with Gasteiger partial charge in [0, 0.05) is 22.2 Å². The Balaban J connectivity index is 2.51. The Morgan fingerprint density at radius 2 is 2.13 bits per heavy atom. The third-order valence-electron chi connectivity index (χ3n) is 3.00. The van der Waals surface area contributed by atoms with Crippen LogP contribution in [0.5, 0.6) is 11.5 Å². The van der Waals surface area contributed by atoms with Gasteiger partial charge in [-0.3, -0.25) is 0 Å². The van der Waals surface area contributed by atoms with E-state index in [0.717, 1.165) is 18.4 Å². The van der Waals surface area contributed by atoms with Crippen molar-refractivity contribution in [3.05, 3.63) is 22.7 Å². The van der Waals surface area contributed by atoms with Crippen LogP contribution in [0, 0.1) is 0 Å². The fourth-order valence-corrected chi connectivity index (χ4v) is 2.08. The number of nitrogens with one attached hydrogen (secondary N) is 1. The van der Waals surface area contributed by atoms with E-state index in [1.807, 2.05) is 7.05 Å². The maximum atomic E-state index is 10.00. The first kappa shape index (κ1) is 10.6. The first-order valence-corrected chi connectivity index (χ1v) is 5.26. The fourth-order valence-electron chi connectivity index (χ4n) is 1.87. The molecule has 0 heterocycles. The smallest absolute Gasteiger partial charge is 0.162 e. The van der Waals surface area contributed by atoms with Gasteiger partial charge in [0.25, 0.3) is 0 Å². The average Bonchev–Trinajstić information content (AvgIpc) is 3.01. The third kappa shape index (κ3) is 1.66. The van der Waals surface area contributed by atoms with Crippen LogP contribution in [0.2, 0.25) is 5.02 Å². The lowest BCUT2D eigenvalue weighted by Gasteiger charge is -2.18. The van der Waals surface area contributed by atoms with Gasteiger partial charge in [-0.2, -0.15) is 0 Å². The SMILES string of the molecule is CNC1(c2cc(Cl)cc(OC)c2O)CC1. The highest BCUT2D eigenvalue weighted by Crippen LogP contribution is 2.51. The van der Waals surface area contributed by atoms with Gasteiger partial charge in [0.1, 0.15) is 0 Å². The van der Waals surface area contributed by atoms with Crippen molar-refractivity contribution in [1.29, 1.82) is 0 Å². The van der Waals surface area contributed by atoms with Gasteiger partial charge in [-0.05, 0) is 26.0 Å². The largest absolute Gasteiger partial charge is 0.504 e. The Hall–Kier alpha value is -0.930. The standard InChI is InChI=1S/C11H14ClNO2/c1-13-11(3-4-11)8-5-7(12)6-9(15-2)10(8)14/h5-6,13-14H,3-4H2,1-2H3. The molecule has 0 aliphatic heterocycles. The van der Waals surface area contributed by atoms with E-state index >= 15 is 0 Å². The molecule has 1 aromatic carbocycles. The predicted molar refractivity (Wildman–Crippen MR) is 59.6 cm³/mol. The van der Waals surface area contributed by atoms with Gasteiger partial charge in [-0.1, -0.05) is 11.6 Å². The first-order chi connectivity index (χ1) is 7.13. The number of aromatic hydroxyl groups is 1. The fraction of sp³-hybridized carbons (Fsp3) is 0.455. The minimum Gasteiger partial charge on any atom is -0.504 e. The molecular weight excluding hydrogens is 214 g/mol. The summed E-state index contributed by atoms with van der Waals surface area (Å²) in [6.07, 6.45) is 2.03. The van der Waals surface area contributed by atoms with Gasteiger partial charge in [0.15, 0.2) is 11.5 Å². The van der Waals surface area contributed by atoms with Gasteiger partial charge in [0.2, 0.25) is 0 Å². The van der Waals surface area contributed by atoms with Crippen molar-refractivity contribution in [1.82, 2.24) is 5.32 Å². The average molecular weight is 228 g/mol. The van der Waals surface area contributed by atoms with E-state index in [1.165, 1.54) is 7.11 Å². The molecule has 1 aliphatic carbocycles. The molecule has 2 N–H and O–H groups in total. The maximum Gasteiger partial charge on any atom is 0.162 e. The molecule has 0 amide bonds. The van der Waals surface area contributed by atoms with Crippen LogP contribution in [-0.2, 0) is 5.54 Å². The topological polar surface area (TPSA) is 41.5 Å². The van der Waals surface area contributed by atoms with Crippen LogP contribution in [0.3, 0.4) is 0 Å². The van der Waals surface area contributed by atoms with Crippen molar-refractivity contribution in [2.45, 2.75) is 18.4 Å². The van der Waals surface area contributed by atoms with Crippen molar-refractivity contribution in [3.63, 3.8) is 0 Å². The highest BCUT2D eigenvalue weighted by atomic mass is 35.5. The summed E-state index contributed by atoms with van der Waals surface area (Å²) in [6.45, 7) is 0. The molecule has 0 aromatic heterocycles. The van der Waals surface area contributed by atoms with Crippen molar-refractivity contribution in [2.75, 3.05) is 14.2 Å². The zero-order chi connectivity index (χ0) is 11.1. The zero-order valence-electron chi connectivity index (χ0n) is 8.80. The molecule has 82 valence electrons. The molecule has 0 saturated heterocycles. The molecule has 2 rings (SSSR count). The molecule has 1 fully saturated rings. The van der Waals surface area contributed by atoms with Gasteiger partial charge < -0.3 is 15.2 Å². The van der Waals surface area contributed by atoms with Crippen LogP contribution < -0.4 is 10.1 Å². The predicted octanol–water partition coefficient (Wildman–Crippen LogP) is 2.26. The van der Waals surface area contributed by atoms with Crippen LogP contribution in [0.25, 0.3) is 0 Å². The Morgan fingerprint density at radius 3 is 2.60 bits per heavy atom. The molecule has 0 radical (unpaired) electrons. The lowest BCUT2D eigenvalue weighted by atomic mass is 10.0. The monoisotopic (exact) mass is 227 g/mol. The Bertz CT molecular complexity index is 388. The minimum absolute atomic E-state index is 0.109. The van der Waals surface area contributed by atoms with E-state index in [-0.39, 0.29) is 11.3 Å². The number of benzene rings is 1. The molecule has 0 bridgehead atoms. The molecule has 1 aliphatic rings. The van der Waals surface area contributed by atoms with Crippen molar-refractivity contribution >= 4 is 11.6 Å². The van der Waals surface area contributed by atoms with Crippen molar-refractivity contribution < 1.29 is 9.84 Å². The summed E-state index contributed by atoms with van der Waals surface area (Å²) in [5.74, 6) is 0.618. The van der Waals surface area contributed by atoms with Crippen LogP contribution in [-0.4, -0.2) is 19.3 Å². The van der Waals surface area contributed by atoms with Gasteiger partial charge in [0.05, 0.1) is 7.11 Å². The molecule has 0 atom stereocenters. The van der Waals surface area contributed by atoms with Crippen LogP contribution in [0.4, 0.5) is 0 Å². The maximum absolute atomic E-state index is 10.00. The highest BCUT2D eigenvalue weighted by molar-refractivity contribution is 6.30. The van der Waals surface area contributed by atoms with Crippen molar-refractivity contribution in [2.24, 2.45) is 0 Å². The molecule has 0 unspecified atom stereocenters. The Labute approximate surface area is 94.0 Å². The van der Waals surface area contributed by atoms with Gasteiger partial charge >= 0.3 is 0 Å². The number of phenolic OH excluding ortho intramolecular Hbond substituents is 1. The van der Waals surface area contributed by atoms with E-state index < -0.39 is 0 Å². The highest BCUT2D eigenvalue weighted by Gasteiger charge is 2.45. The number of hydrogen-bond acceptors (Lipinski definition) is 3. The van der Waals surface area contributed by atoms with E-state index in [9.17, 15) is 5.11 Å². The van der Waals surface area contributed by atoms with E-state index in [2.05, 4.69) is 5.32 Å². The Morgan fingerprint density at radius 1 is 1.47 bits per heavy atom. The van der Waals surface area contributed by atoms with E-state index in [0.29, 0.717) is 10.8 Å². The van der Waals surface area contributed by atoms with Crippen LogP contribution in [0.1, 0.15) is 18.4 Å². The van der Waals surface area contributed by atoms with E-state index in [4.69, 9.17) is 16.3 Å². The first-order valence-electron chi connectivity index (χ1n) is 4.89. The number of ether oxygens (including phenoxy) is 1. The molecule has 1 saturated carbocycles. The summed E-state index contributed by atoms with van der Waals surface area (Å²) in [6, 6.07) is 3.41. The summed E-state index contributed by atoms with van der Waals surface area (Å²) in [5, 5.41) is 13.8. The summed E-state index contributed by atoms with van der Waals surface area (Å²) in [7, 11) is 3.41. The second-order valence-electron chi connectivity index (χ2n) is 3.84. The number of methoxy groups -OCH3 is 1. The van der Waals surface area contributed by atoms with E-state index in [1.54, 1.807) is 12.1 Å². The Kier molecular flexibility index (Phi) is 2.52. The van der Waals surface area contributed by atoms with Gasteiger partial charge in [-0.25, -0.2) is 0 Å². The molecule has 4 heteroatoms. The van der Waals surface area contributed by atoms with Gasteiger partial charge in [-0.15, -0.1) is 0 Å². The summed E-state index contributed by atoms with van der Waals surface area (Å²) in [4.78, 5) is 0. The molecule has 3 nitrogen and oxygen atoms in total. The third-order valence-corrected chi connectivity index (χ3v) is 3.22. The zero-order valence-corrected chi connectivity index (χ0v) is 9.56. The lowest BCUT2D eigenvalue weighted by molar-refractivity contribution is 0.365. The quantitative estimate of drug-likeness (QED) is 0.833. The summed E-state index contributed by atoms with van der Waals surface area (Å²) in [5.41, 5.74) is 0.719. The summed E-state index contributed by atoms with van der Waals surface area (Å²) >= 11 is 5.97. The minimum atomic E-state index is -0.109. The van der Waals surface area contributed by atoms with Crippen molar-refractivity contribution in [3.8, 4) is 11.5 Å². The molecular formula is C11H14ClNO2. The molecule has 0 spiro atoms. The molecule has 1 aromatic rings. The molecule has 15 heavy (non-hydrogen) atoms. The normalized spacial score (nSPS) is 17.5. The van der Waals surface area contributed by atoms with Crippen LogP contribution >= 0.6 is 11.6 Å². The number of halogens is 1.